The van der Waals surface area contributed by atoms with E-state index in [2.05, 4.69) is 5.32 Å². The van der Waals surface area contributed by atoms with Crippen LogP contribution < -0.4 is 5.32 Å². The molecule has 2 aliphatic rings. The van der Waals surface area contributed by atoms with Gasteiger partial charge < -0.3 is 39.0 Å². The van der Waals surface area contributed by atoms with Crippen molar-refractivity contribution in [2.45, 2.75) is 77.8 Å². The first-order valence-corrected chi connectivity index (χ1v) is 17.7. The van der Waals surface area contributed by atoms with E-state index in [1.165, 1.54) is 11.8 Å². The summed E-state index contributed by atoms with van der Waals surface area (Å²) in [6, 6.07) is 10.9. The molecule has 0 bridgehead atoms. The zero-order valence-corrected chi connectivity index (χ0v) is 30.4. The number of ether oxygens (including phenoxy) is 3. The van der Waals surface area contributed by atoms with E-state index in [-0.39, 0.29) is 43.4 Å². The van der Waals surface area contributed by atoms with E-state index >= 15 is 4.39 Å². The third kappa shape index (κ3) is 10.1. The van der Waals surface area contributed by atoms with Crippen LogP contribution in [-0.2, 0) is 25.5 Å². The minimum Gasteiger partial charge on any atom is -0.464 e. The largest absolute Gasteiger partial charge is 0.464 e. The number of aliphatic hydroxyl groups is 1. The molecular formula is C38H49F2N5O7. The molecule has 3 heterocycles. The number of amides is 3. The van der Waals surface area contributed by atoms with Gasteiger partial charge in [-0.05, 0) is 70.2 Å². The minimum absolute atomic E-state index is 0.0104. The number of aliphatic hydroxyl groups excluding tert-OH is 1. The minimum atomic E-state index is -0.974. The van der Waals surface area contributed by atoms with E-state index in [1.807, 2.05) is 34.9 Å². The fourth-order valence-corrected chi connectivity index (χ4v) is 6.70. The maximum Gasteiger partial charge on any atom is 0.410 e. The van der Waals surface area contributed by atoms with Gasteiger partial charge >= 0.3 is 18.1 Å². The molecule has 0 aliphatic carbocycles. The predicted molar refractivity (Wildman–Crippen MR) is 188 cm³/mol. The first-order valence-electron chi connectivity index (χ1n) is 17.7. The Balaban J connectivity index is 1.60. The highest BCUT2D eigenvalue weighted by Gasteiger charge is 2.43. The molecule has 2 N–H and O–H groups in total. The van der Waals surface area contributed by atoms with Crippen molar-refractivity contribution >= 4 is 18.1 Å². The Hall–Kier alpha value is -4.56. The Morgan fingerprint density at radius 1 is 1.10 bits per heavy atom. The van der Waals surface area contributed by atoms with Crippen LogP contribution in [0.3, 0.4) is 0 Å². The molecule has 3 aromatic rings. The summed E-state index contributed by atoms with van der Waals surface area (Å²) in [5.74, 6) is -2.08. The molecule has 0 spiro atoms. The monoisotopic (exact) mass is 725 g/mol. The van der Waals surface area contributed by atoms with Gasteiger partial charge in [0.25, 0.3) is 0 Å². The number of urea groups is 1. The van der Waals surface area contributed by atoms with E-state index in [0.717, 1.165) is 23.8 Å². The number of carbonyl (C=O) groups is 3. The van der Waals surface area contributed by atoms with Gasteiger partial charge in [0.15, 0.2) is 0 Å². The molecule has 0 saturated carbocycles. The van der Waals surface area contributed by atoms with Crippen LogP contribution >= 0.6 is 0 Å². The van der Waals surface area contributed by atoms with Crippen molar-refractivity contribution in [1.82, 2.24) is 24.7 Å². The zero-order valence-electron chi connectivity index (χ0n) is 30.4. The van der Waals surface area contributed by atoms with Crippen LogP contribution in [0, 0.1) is 23.5 Å². The van der Waals surface area contributed by atoms with E-state index in [1.54, 1.807) is 38.8 Å². The summed E-state index contributed by atoms with van der Waals surface area (Å²) in [6.07, 6.45) is 1.26. The Morgan fingerprint density at radius 2 is 1.81 bits per heavy atom. The fraction of sp³-hybridized carbons (Fsp3) is 0.526. The summed E-state index contributed by atoms with van der Waals surface area (Å²) in [5.41, 5.74) is 0.348. The van der Waals surface area contributed by atoms with Gasteiger partial charge in [-0.2, -0.15) is 0 Å². The zero-order chi connectivity index (χ0) is 37.6. The van der Waals surface area contributed by atoms with Crippen LogP contribution in [0.4, 0.5) is 18.4 Å². The highest BCUT2D eigenvalue weighted by Crippen LogP contribution is 2.38. The maximum absolute atomic E-state index is 15.2. The van der Waals surface area contributed by atoms with Crippen molar-refractivity contribution in [3.8, 4) is 11.3 Å². The molecule has 2 aromatic carbocycles. The second-order valence-electron chi connectivity index (χ2n) is 14.6. The summed E-state index contributed by atoms with van der Waals surface area (Å²) in [5, 5.41) is 14.3. The molecule has 2 fully saturated rings. The fourth-order valence-electron chi connectivity index (χ4n) is 6.70. The van der Waals surface area contributed by atoms with E-state index < -0.39 is 59.4 Å². The van der Waals surface area contributed by atoms with Crippen molar-refractivity contribution in [3.05, 3.63) is 77.8 Å². The molecule has 52 heavy (non-hydrogen) atoms. The van der Waals surface area contributed by atoms with Crippen molar-refractivity contribution in [3.63, 3.8) is 0 Å². The van der Waals surface area contributed by atoms with Gasteiger partial charge in [0.2, 0.25) is 0 Å². The number of likely N-dealkylation sites (tertiary alicyclic amines) is 1. The molecule has 14 heteroatoms. The summed E-state index contributed by atoms with van der Waals surface area (Å²) in [6.45, 7) is 9.55. The topological polar surface area (TPSA) is 135 Å². The summed E-state index contributed by atoms with van der Waals surface area (Å²) < 4.78 is 48.0. The lowest BCUT2D eigenvalue weighted by Crippen LogP contribution is -2.52. The number of aromatic nitrogens is 2. The van der Waals surface area contributed by atoms with Crippen LogP contribution in [0.2, 0.25) is 0 Å². The lowest BCUT2D eigenvalue weighted by atomic mass is 9.89. The number of imidazole rings is 1. The van der Waals surface area contributed by atoms with Crippen LogP contribution in [0.25, 0.3) is 11.3 Å². The molecule has 2 aliphatic heterocycles. The SMILES string of the molecule is CC(=O)OCC(C)NC(=O)N(CC1CN(C(=O)OC(C)(C)C)CC1O)C(c1nc(-c2cc(F)ccc2F)cn1Cc1ccccc1)C1CCOCC1. The molecule has 3 amide bonds. The van der Waals surface area contributed by atoms with Gasteiger partial charge in [0.05, 0.1) is 30.4 Å². The number of carbonyl (C=O) groups excluding carboxylic acids is 3. The van der Waals surface area contributed by atoms with Gasteiger partial charge in [0, 0.05) is 57.4 Å². The number of halogens is 2. The molecule has 4 unspecified atom stereocenters. The van der Waals surface area contributed by atoms with E-state index in [0.29, 0.717) is 38.4 Å². The highest BCUT2D eigenvalue weighted by molar-refractivity contribution is 5.75. The van der Waals surface area contributed by atoms with Crippen molar-refractivity contribution in [2.75, 3.05) is 39.5 Å². The van der Waals surface area contributed by atoms with Gasteiger partial charge in [0.1, 0.15) is 29.7 Å². The molecule has 4 atom stereocenters. The number of benzene rings is 2. The third-order valence-corrected chi connectivity index (χ3v) is 9.18. The number of nitrogens with one attached hydrogen (secondary N) is 1. The smallest absolute Gasteiger partial charge is 0.410 e. The second kappa shape index (κ2) is 16.8. The Bertz CT molecular complexity index is 1690. The highest BCUT2D eigenvalue weighted by atomic mass is 19.1. The lowest BCUT2D eigenvalue weighted by molar-refractivity contribution is -0.141. The van der Waals surface area contributed by atoms with Crippen LogP contribution in [0.15, 0.2) is 54.7 Å². The normalized spacial score (nSPS) is 19.2. The number of nitrogens with zero attached hydrogens (tertiary/aromatic N) is 4. The van der Waals surface area contributed by atoms with E-state index in [4.69, 9.17) is 19.2 Å². The van der Waals surface area contributed by atoms with Gasteiger partial charge in [-0.25, -0.2) is 23.4 Å². The number of esters is 1. The molecule has 282 valence electrons. The maximum atomic E-state index is 15.2. The molecule has 1 aromatic heterocycles. The average Bonchev–Trinajstić information content (AvgIpc) is 3.67. The number of hydrogen-bond acceptors (Lipinski definition) is 8. The van der Waals surface area contributed by atoms with Gasteiger partial charge in [-0.1, -0.05) is 30.3 Å². The van der Waals surface area contributed by atoms with Crippen molar-refractivity contribution < 1.29 is 42.5 Å². The van der Waals surface area contributed by atoms with Crippen LogP contribution in [0.5, 0.6) is 0 Å². The van der Waals surface area contributed by atoms with Gasteiger partial charge in [-0.3, -0.25) is 4.79 Å². The first-order chi connectivity index (χ1) is 24.7. The first kappa shape index (κ1) is 38.7. The van der Waals surface area contributed by atoms with Crippen molar-refractivity contribution in [2.24, 2.45) is 11.8 Å². The Labute approximate surface area is 303 Å². The number of β-amino-alcohol motifs (C(OH)–C–C–N with tert-alkyl or cyclic N) is 1. The molecular weight excluding hydrogens is 676 g/mol. The summed E-state index contributed by atoms with van der Waals surface area (Å²) in [4.78, 5) is 47.1. The standard InChI is InChI=1S/C38H49F2N5O7/c1-24(23-51-25(2)46)41-36(48)45(20-28-19-44(22-33(28)47)37(49)52-38(3,4)5)34(27-13-15-50-16-14-27)35-42-32(30-17-29(39)11-12-31(30)40)21-43(35)18-26-9-7-6-8-10-26/h6-12,17,21,24,27-28,33-34,47H,13-16,18-20,22-23H2,1-5H3,(H,41,48). The third-order valence-electron chi connectivity index (χ3n) is 9.18. The van der Waals surface area contributed by atoms with Crippen LogP contribution in [-0.4, -0.2) is 99.8 Å². The lowest BCUT2D eigenvalue weighted by Gasteiger charge is -2.40. The van der Waals surface area contributed by atoms with Gasteiger partial charge in [-0.15, -0.1) is 0 Å². The summed E-state index contributed by atoms with van der Waals surface area (Å²) in [7, 11) is 0. The quantitative estimate of drug-likeness (QED) is 0.247. The van der Waals surface area contributed by atoms with Crippen molar-refractivity contribution in [1.29, 1.82) is 0 Å². The molecule has 2 saturated heterocycles. The predicted octanol–water partition coefficient (Wildman–Crippen LogP) is 5.54. The molecule has 0 radical (unpaired) electrons. The Morgan fingerprint density at radius 3 is 2.48 bits per heavy atom. The molecule has 5 rings (SSSR count). The second-order valence-corrected chi connectivity index (χ2v) is 14.6. The number of hydrogen-bond donors (Lipinski definition) is 2. The summed E-state index contributed by atoms with van der Waals surface area (Å²) >= 11 is 0. The Kier molecular flexibility index (Phi) is 12.5. The molecule has 12 nitrogen and oxygen atoms in total. The van der Waals surface area contributed by atoms with Crippen LogP contribution in [0.1, 0.15) is 64.9 Å². The van der Waals surface area contributed by atoms with E-state index in [9.17, 15) is 23.9 Å². The number of rotatable bonds is 11. The average molecular weight is 726 g/mol.